The Bertz CT molecular complexity index is 648. The van der Waals surface area contributed by atoms with Gasteiger partial charge >= 0.3 is 6.09 Å². The zero-order chi connectivity index (χ0) is 17.3. The van der Waals surface area contributed by atoms with E-state index in [0.717, 1.165) is 0 Å². The number of halogens is 1. The molecule has 0 aromatic heterocycles. The monoisotopic (exact) mass is 337 g/mol. The maximum absolute atomic E-state index is 14.5. The van der Waals surface area contributed by atoms with Gasteiger partial charge in [-0.15, -0.1) is 0 Å². The summed E-state index contributed by atoms with van der Waals surface area (Å²) >= 11 is 0. The van der Waals surface area contributed by atoms with Crippen LogP contribution in [0.1, 0.15) is 6.92 Å². The normalized spacial score (nSPS) is 22.4. The zero-order valence-electron chi connectivity index (χ0n) is 13.4. The average molecular weight is 337 g/mol. The van der Waals surface area contributed by atoms with Gasteiger partial charge in [0.25, 0.3) is 0 Å². The Kier molecular flexibility index (Phi) is 4.57. The second kappa shape index (κ2) is 6.64. The van der Waals surface area contributed by atoms with E-state index >= 15 is 0 Å². The molecule has 1 unspecified atom stereocenters. The molecule has 2 fully saturated rings. The van der Waals surface area contributed by atoms with Gasteiger partial charge in [0.1, 0.15) is 11.9 Å². The van der Waals surface area contributed by atoms with Crippen molar-refractivity contribution in [3.05, 3.63) is 24.0 Å². The van der Waals surface area contributed by atoms with Crippen LogP contribution in [-0.4, -0.2) is 51.0 Å². The predicted molar refractivity (Wildman–Crippen MR) is 85.4 cm³/mol. The Morgan fingerprint density at radius 1 is 1.38 bits per heavy atom. The Morgan fingerprint density at radius 3 is 2.71 bits per heavy atom. The molecule has 7 nitrogen and oxygen atoms in total. The van der Waals surface area contributed by atoms with Gasteiger partial charge in [0.05, 0.1) is 37.1 Å². The molecule has 2 aliphatic heterocycles. The first-order chi connectivity index (χ1) is 11.5. The molecule has 0 aliphatic carbocycles. The number of carbonyl (C=O) groups excluding carboxylic acids is 2. The highest BCUT2D eigenvalue weighted by Gasteiger charge is 2.38. The van der Waals surface area contributed by atoms with Crippen molar-refractivity contribution in [3.63, 3.8) is 0 Å². The highest BCUT2D eigenvalue weighted by atomic mass is 19.1. The Hall–Kier alpha value is -2.35. The number of nitrogens with two attached hydrogens (primary N) is 1. The van der Waals surface area contributed by atoms with Gasteiger partial charge in [0.15, 0.2) is 0 Å². The number of hydrogen-bond acceptors (Lipinski definition) is 5. The van der Waals surface area contributed by atoms with E-state index in [0.29, 0.717) is 37.7 Å². The van der Waals surface area contributed by atoms with Crippen molar-refractivity contribution in [2.75, 3.05) is 42.6 Å². The van der Waals surface area contributed by atoms with Crippen LogP contribution in [0.15, 0.2) is 18.2 Å². The molecule has 0 radical (unpaired) electrons. The van der Waals surface area contributed by atoms with E-state index in [-0.39, 0.29) is 6.54 Å². The fraction of sp³-hybridized carbons (Fsp3) is 0.500. The molecule has 1 aromatic rings. The predicted octanol–water partition coefficient (Wildman–Crippen LogP) is 1.11. The Labute approximate surface area is 139 Å². The number of ether oxygens (including phenoxy) is 2. The van der Waals surface area contributed by atoms with Gasteiger partial charge in [-0.3, -0.25) is 9.69 Å². The van der Waals surface area contributed by atoms with Crippen LogP contribution in [0.25, 0.3) is 0 Å². The Morgan fingerprint density at radius 2 is 2.08 bits per heavy atom. The van der Waals surface area contributed by atoms with Gasteiger partial charge in [-0.05, 0) is 25.1 Å². The third-order valence-corrected chi connectivity index (χ3v) is 4.44. The number of nitrogens with zero attached hydrogens (tertiary/aromatic N) is 2. The summed E-state index contributed by atoms with van der Waals surface area (Å²) in [7, 11) is 0. The molecule has 2 saturated heterocycles. The smallest absolute Gasteiger partial charge is 0.414 e. The number of morpholine rings is 1. The molecule has 2 heterocycles. The van der Waals surface area contributed by atoms with Gasteiger partial charge in [0, 0.05) is 13.1 Å². The van der Waals surface area contributed by atoms with Crippen molar-refractivity contribution in [1.82, 2.24) is 0 Å². The first-order valence-corrected chi connectivity index (χ1v) is 7.87. The average Bonchev–Trinajstić information content (AvgIpc) is 2.96. The lowest BCUT2D eigenvalue weighted by atomic mass is 10.0. The van der Waals surface area contributed by atoms with Crippen LogP contribution in [0.4, 0.5) is 20.6 Å². The molecular formula is C16H20FN3O4. The number of anilines is 2. The molecule has 24 heavy (non-hydrogen) atoms. The number of amides is 2. The summed E-state index contributed by atoms with van der Waals surface area (Å²) in [6, 6.07) is 4.63. The maximum atomic E-state index is 14.5. The third kappa shape index (κ3) is 3.14. The second-order valence-corrected chi connectivity index (χ2v) is 5.96. The fourth-order valence-electron chi connectivity index (χ4n) is 2.86. The van der Waals surface area contributed by atoms with Crippen LogP contribution >= 0.6 is 0 Å². The molecule has 0 bridgehead atoms. The topological polar surface area (TPSA) is 85.1 Å². The molecule has 8 heteroatoms. The van der Waals surface area contributed by atoms with Crippen molar-refractivity contribution in [3.8, 4) is 0 Å². The third-order valence-electron chi connectivity index (χ3n) is 4.44. The highest BCUT2D eigenvalue weighted by Crippen LogP contribution is 2.29. The van der Waals surface area contributed by atoms with Crippen molar-refractivity contribution in [1.29, 1.82) is 0 Å². The van der Waals surface area contributed by atoms with Gasteiger partial charge in [-0.25, -0.2) is 9.18 Å². The van der Waals surface area contributed by atoms with Crippen LogP contribution < -0.4 is 15.5 Å². The fourth-order valence-corrected chi connectivity index (χ4v) is 2.86. The van der Waals surface area contributed by atoms with E-state index in [1.54, 1.807) is 19.1 Å². The number of primary amides is 1. The number of benzene rings is 1. The summed E-state index contributed by atoms with van der Waals surface area (Å²) < 4.78 is 24.9. The van der Waals surface area contributed by atoms with Crippen molar-refractivity contribution >= 4 is 23.4 Å². The van der Waals surface area contributed by atoms with Crippen LogP contribution in [-0.2, 0) is 14.3 Å². The lowest BCUT2D eigenvalue weighted by molar-refractivity contribution is -0.123. The lowest BCUT2D eigenvalue weighted by Crippen LogP contribution is -2.37. The number of cyclic esters (lactones) is 1. The number of carbonyl (C=O) groups is 2. The molecule has 3 rings (SSSR count). The molecule has 0 spiro atoms. The molecule has 2 aliphatic rings. The van der Waals surface area contributed by atoms with E-state index in [1.807, 2.05) is 4.90 Å². The minimum Gasteiger partial charge on any atom is -0.443 e. The molecule has 2 atom stereocenters. The molecule has 1 aromatic carbocycles. The van der Waals surface area contributed by atoms with Crippen LogP contribution in [0.3, 0.4) is 0 Å². The molecule has 130 valence electrons. The largest absolute Gasteiger partial charge is 0.443 e. The summed E-state index contributed by atoms with van der Waals surface area (Å²) in [5.41, 5.74) is 6.13. The maximum Gasteiger partial charge on any atom is 0.414 e. The van der Waals surface area contributed by atoms with Gasteiger partial charge < -0.3 is 20.1 Å². The van der Waals surface area contributed by atoms with E-state index in [2.05, 4.69) is 0 Å². The first kappa shape index (κ1) is 16.5. The van der Waals surface area contributed by atoms with Crippen LogP contribution in [0.2, 0.25) is 0 Å². The first-order valence-electron chi connectivity index (χ1n) is 7.87. The summed E-state index contributed by atoms with van der Waals surface area (Å²) in [6.07, 6.45) is -1.23. The van der Waals surface area contributed by atoms with E-state index < -0.39 is 29.8 Å². The van der Waals surface area contributed by atoms with Crippen molar-refractivity contribution in [2.45, 2.75) is 13.0 Å². The minimum absolute atomic E-state index is 0.166. The van der Waals surface area contributed by atoms with E-state index in [4.69, 9.17) is 15.2 Å². The SMILES string of the molecule is C[C@H](C(N)=O)C1CN(c2ccc(N3CCOCC3)c(F)c2)C(=O)O1. The van der Waals surface area contributed by atoms with Gasteiger partial charge in [-0.1, -0.05) is 0 Å². The summed E-state index contributed by atoms with van der Waals surface area (Å²) in [4.78, 5) is 26.5. The summed E-state index contributed by atoms with van der Waals surface area (Å²) in [5.74, 6) is -1.55. The van der Waals surface area contributed by atoms with Crippen molar-refractivity contribution < 1.29 is 23.5 Å². The highest BCUT2D eigenvalue weighted by molar-refractivity contribution is 5.91. The summed E-state index contributed by atoms with van der Waals surface area (Å²) in [5, 5.41) is 0. The molecule has 2 N–H and O–H groups in total. The number of hydrogen-bond donors (Lipinski definition) is 1. The van der Waals surface area contributed by atoms with E-state index in [9.17, 15) is 14.0 Å². The number of rotatable bonds is 4. The van der Waals surface area contributed by atoms with Crippen LogP contribution in [0.5, 0.6) is 0 Å². The second-order valence-electron chi connectivity index (χ2n) is 5.96. The summed E-state index contributed by atoms with van der Waals surface area (Å²) in [6.45, 7) is 4.14. The quantitative estimate of drug-likeness (QED) is 0.889. The van der Waals surface area contributed by atoms with Crippen LogP contribution in [0, 0.1) is 11.7 Å². The molecule has 0 saturated carbocycles. The lowest BCUT2D eigenvalue weighted by Gasteiger charge is -2.29. The molecular weight excluding hydrogens is 317 g/mol. The minimum atomic E-state index is -0.628. The Balaban J connectivity index is 1.76. The molecule has 2 amide bonds. The van der Waals surface area contributed by atoms with Gasteiger partial charge in [-0.2, -0.15) is 0 Å². The van der Waals surface area contributed by atoms with E-state index in [1.165, 1.54) is 11.0 Å². The standard InChI is InChI=1S/C16H20FN3O4/c1-10(15(18)21)14-9-20(16(22)24-14)11-2-3-13(12(17)8-11)19-4-6-23-7-5-19/h2-3,8,10,14H,4-7,9H2,1H3,(H2,18,21)/t10-,14?/m0/s1. The van der Waals surface area contributed by atoms with Gasteiger partial charge in [0.2, 0.25) is 5.91 Å². The zero-order valence-corrected chi connectivity index (χ0v) is 13.4. The van der Waals surface area contributed by atoms with Crippen molar-refractivity contribution in [2.24, 2.45) is 11.7 Å².